The topological polar surface area (TPSA) is 45.7 Å². The molecule has 1 aromatic heterocycles. The number of carbonyl (C=O) groups excluding carboxylic acids is 1. The molecule has 0 N–H and O–H groups in total. The zero-order chi connectivity index (χ0) is 18.5. The van der Waals surface area contributed by atoms with Crippen LogP contribution in [0.15, 0.2) is 48.8 Å². The largest absolute Gasteiger partial charge is 0.456 e. The number of pyridine rings is 1. The summed E-state index contributed by atoms with van der Waals surface area (Å²) in [5.41, 5.74) is 0.729. The van der Waals surface area contributed by atoms with Crippen LogP contribution in [-0.4, -0.2) is 53.4 Å². The summed E-state index contributed by atoms with van der Waals surface area (Å²) in [6.07, 6.45) is 8.51. The number of hydrogen-bond donors (Lipinski definition) is 0. The SMILES string of the molecule is O=C(c1ccc(Oc2cccnc2)cc1)N1CCC(CN2CCCCC2)C1. The summed E-state index contributed by atoms with van der Waals surface area (Å²) in [4.78, 5) is 21.4. The average Bonchev–Trinajstić information content (AvgIpc) is 3.18. The van der Waals surface area contributed by atoms with Gasteiger partial charge in [0.2, 0.25) is 0 Å². The Morgan fingerprint density at radius 3 is 2.59 bits per heavy atom. The fourth-order valence-corrected chi connectivity index (χ4v) is 4.06. The van der Waals surface area contributed by atoms with Gasteiger partial charge in [0, 0.05) is 31.4 Å². The highest BCUT2D eigenvalue weighted by atomic mass is 16.5. The monoisotopic (exact) mass is 365 g/mol. The van der Waals surface area contributed by atoms with Crippen molar-refractivity contribution in [3.63, 3.8) is 0 Å². The third-order valence-corrected chi connectivity index (χ3v) is 5.51. The predicted octanol–water partition coefficient (Wildman–Crippen LogP) is 3.82. The standard InChI is InChI=1S/C22H27N3O2/c26-22(25-14-10-18(17-25)16-24-12-2-1-3-13-24)19-6-8-20(9-7-19)27-21-5-4-11-23-15-21/h4-9,11,15,18H,1-3,10,12-14,16-17H2. The Labute approximate surface area is 161 Å². The number of rotatable bonds is 5. The quantitative estimate of drug-likeness (QED) is 0.808. The zero-order valence-corrected chi connectivity index (χ0v) is 15.7. The van der Waals surface area contributed by atoms with Crippen LogP contribution in [0.1, 0.15) is 36.0 Å². The molecule has 0 aliphatic carbocycles. The number of nitrogens with zero attached hydrogens (tertiary/aromatic N) is 3. The van der Waals surface area contributed by atoms with Crippen LogP contribution in [0, 0.1) is 5.92 Å². The van der Waals surface area contributed by atoms with Crippen LogP contribution in [-0.2, 0) is 0 Å². The van der Waals surface area contributed by atoms with Gasteiger partial charge in [-0.3, -0.25) is 9.78 Å². The maximum Gasteiger partial charge on any atom is 0.253 e. The summed E-state index contributed by atoms with van der Waals surface area (Å²) >= 11 is 0. The van der Waals surface area contributed by atoms with Crippen molar-refractivity contribution >= 4 is 5.91 Å². The molecule has 1 aromatic carbocycles. The molecule has 2 saturated heterocycles. The van der Waals surface area contributed by atoms with Crippen molar-refractivity contribution < 1.29 is 9.53 Å². The van der Waals surface area contributed by atoms with Gasteiger partial charge in [-0.25, -0.2) is 0 Å². The van der Waals surface area contributed by atoms with Gasteiger partial charge in [0.05, 0.1) is 6.20 Å². The molecule has 27 heavy (non-hydrogen) atoms. The Morgan fingerprint density at radius 1 is 1.04 bits per heavy atom. The number of benzene rings is 1. The van der Waals surface area contributed by atoms with Crippen molar-refractivity contribution in [1.82, 2.24) is 14.8 Å². The van der Waals surface area contributed by atoms with E-state index in [1.807, 2.05) is 41.3 Å². The first-order valence-electron chi connectivity index (χ1n) is 9.97. The number of hydrogen-bond acceptors (Lipinski definition) is 4. The number of amides is 1. The third kappa shape index (κ3) is 4.66. The van der Waals surface area contributed by atoms with Crippen LogP contribution in [0.4, 0.5) is 0 Å². The van der Waals surface area contributed by atoms with Gasteiger partial charge < -0.3 is 14.5 Å². The van der Waals surface area contributed by atoms with Crippen molar-refractivity contribution in [2.45, 2.75) is 25.7 Å². The fraction of sp³-hybridized carbons (Fsp3) is 0.455. The lowest BCUT2D eigenvalue weighted by Gasteiger charge is -2.29. The highest BCUT2D eigenvalue weighted by Crippen LogP contribution is 2.24. The van der Waals surface area contributed by atoms with Crippen molar-refractivity contribution in [2.24, 2.45) is 5.92 Å². The molecule has 3 heterocycles. The Bertz CT molecular complexity index is 742. The molecule has 5 nitrogen and oxygen atoms in total. The van der Waals surface area contributed by atoms with E-state index in [2.05, 4.69) is 9.88 Å². The Hall–Kier alpha value is -2.40. The molecular weight excluding hydrogens is 338 g/mol. The van der Waals surface area contributed by atoms with Gasteiger partial charge in [0.25, 0.3) is 5.91 Å². The van der Waals surface area contributed by atoms with Crippen LogP contribution in [0.2, 0.25) is 0 Å². The first kappa shape index (κ1) is 18.0. The highest BCUT2D eigenvalue weighted by molar-refractivity contribution is 5.94. The van der Waals surface area contributed by atoms with Gasteiger partial charge in [-0.2, -0.15) is 0 Å². The van der Waals surface area contributed by atoms with Crippen molar-refractivity contribution in [1.29, 1.82) is 0 Å². The van der Waals surface area contributed by atoms with Gasteiger partial charge >= 0.3 is 0 Å². The molecule has 2 aliphatic heterocycles. The van der Waals surface area contributed by atoms with E-state index in [4.69, 9.17) is 4.74 Å². The summed E-state index contributed by atoms with van der Waals surface area (Å²) in [7, 11) is 0. The number of likely N-dealkylation sites (tertiary alicyclic amines) is 2. The minimum atomic E-state index is 0.129. The first-order chi connectivity index (χ1) is 13.3. The van der Waals surface area contributed by atoms with Crippen molar-refractivity contribution in [3.8, 4) is 11.5 Å². The molecule has 0 spiro atoms. The zero-order valence-electron chi connectivity index (χ0n) is 15.7. The van der Waals surface area contributed by atoms with E-state index in [0.29, 0.717) is 17.4 Å². The predicted molar refractivity (Wildman–Crippen MR) is 105 cm³/mol. The molecule has 2 fully saturated rings. The molecule has 2 aromatic rings. The molecule has 1 unspecified atom stereocenters. The lowest BCUT2D eigenvalue weighted by molar-refractivity contribution is 0.0782. The highest BCUT2D eigenvalue weighted by Gasteiger charge is 2.28. The Morgan fingerprint density at radius 2 is 1.85 bits per heavy atom. The molecule has 0 saturated carbocycles. The third-order valence-electron chi connectivity index (χ3n) is 5.51. The lowest BCUT2D eigenvalue weighted by Crippen LogP contribution is -2.36. The van der Waals surface area contributed by atoms with E-state index in [-0.39, 0.29) is 5.91 Å². The van der Waals surface area contributed by atoms with Crippen LogP contribution < -0.4 is 4.74 Å². The minimum absolute atomic E-state index is 0.129. The molecule has 4 rings (SSSR count). The van der Waals surface area contributed by atoms with E-state index in [0.717, 1.165) is 31.6 Å². The smallest absolute Gasteiger partial charge is 0.253 e. The van der Waals surface area contributed by atoms with E-state index in [1.54, 1.807) is 12.4 Å². The van der Waals surface area contributed by atoms with Gasteiger partial charge in [0.1, 0.15) is 11.5 Å². The molecule has 0 radical (unpaired) electrons. The van der Waals surface area contributed by atoms with Gasteiger partial charge in [-0.1, -0.05) is 6.42 Å². The molecule has 142 valence electrons. The van der Waals surface area contributed by atoms with E-state index < -0.39 is 0 Å². The van der Waals surface area contributed by atoms with Gasteiger partial charge in [0.15, 0.2) is 0 Å². The van der Waals surface area contributed by atoms with Crippen molar-refractivity contribution in [3.05, 3.63) is 54.4 Å². The van der Waals surface area contributed by atoms with Crippen LogP contribution in [0.25, 0.3) is 0 Å². The summed E-state index contributed by atoms with van der Waals surface area (Å²) in [6, 6.07) is 11.1. The summed E-state index contributed by atoms with van der Waals surface area (Å²) in [5, 5.41) is 0. The first-order valence-corrected chi connectivity index (χ1v) is 9.97. The van der Waals surface area contributed by atoms with Gasteiger partial charge in [-0.05, 0) is 74.7 Å². The maximum atomic E-state index is 12.8. The summed E-state index contributed by atoms with van der Waals surface area (Å²) < 4.78 is 5.75. The van der Waals surface area contributed by atoms with Gasteiger partial charge in [-0.15, -0.1) is 0 Å². The molecule has 5 heteroatoms. The van der Waals surface area contributed by atoms with Crippen LogP contribution in [0.3, 0.4) is 0 Å². The molecule has 2 aliphatic rings. The van der Waals surface area contributed by atoms with Crippen LogP contribution in [0.5, 0.6) is 11.5 Å². The Balaban J connectivity index is 1.31. The van der Waals surface area contributed by atoms with E-state index >= 15 is 0 Å². The lowest BCUT2D eigenvalue weighted by atomic mass is 10.1. The fourth-order valence-electron chi connectivity index (χ4n) is 4.06. The summed E-state index contributed by atoms with van der Waals surface area (Å²) in [5.74, 6) is 2.14. The second kappa shape index (κ2) is 8.53. The number of aromatic nitrogens is 1. The minimum Gasteiger partial charge on any atom is -0.456 e. The maximum absolute atomic E-state index is 12.8. The molecule has 0 bridgehead atoms. The van der Waals surface area contributed by atoms with Crippen LogP contribution >= 0.6 is 0 Å². The van der Waals surface area contributed by atoms with E-state index in [9.17, 15) is 4.79 Å². The Kier molecular flexibility index (Phi) is 5.68. The molecule has 1 atom stereocenters. The number of piperidine rings is 1. The number of carbonyl (C=O) groups is 1. The van der Waals surface area contributed by atoms with E-state index in [1.165, 1.54) is 32.4 Å². The average molecular weight is 365 g/mol. The van der Waals surface area contributed by atoms with Crippen molar-refractivity contribution in [2.75, 3.05) is 32.7 Å². The number of ether oxygens (including phenoxy) is 1. The second-order valence-corrected chi connectivity index (χ2v) is 7.58. The second-order valence-electron chi connectivity index (χ2n) is 7.58. The summed E-state index contributed by atoms with van der Waals surface area (Å²) in [6.45, 7) is 5.34. The normalized spacial score (nSPS) is 20.6. The molecule has 1 amide bonds. The molecular formula is C22H27N3O2.